The van der Waals surface area contributed by atoms with Gasteiger partial charge in [0.2, 0.25) is 5.91 Å². The quantitative estimate of drug-likeness (QED) is 0.170. The molecule has 204 valence electrons. The number of nitrogens with zero attached hydrogens (tertiary/aromatic N) is 4. The van der Waals surface area contributed by atoms with Crippen LogP contribution in [0.1, 0.15) is 5.56 Å². The van der Waals surface area contributed by atoms with Gasteiger partial charge >= 0.3 is 0 Å². The molecule has 1 amide bonds. The second kappa shape index (κ2) is 12.2. The van der Waals surface area contributed by atoms with Gasteiger partial charge in [-0.05, 0) is 42.0 Å². The van der Waals surface area contributed by atoms with Crippen molar-refractivity contribution in [3.05, 3.63) is 114 Å². The first kappa shape index (κ1) is 27.1. The van der Waals surface area contributed by atoms with E-state index in [1.807, 2.05) is 65.2 Å². The van der Waals surface area contributed by atoms with E-state index in [-0.39, 0.29) is 11.4 Å². The largest absolute Gasteiger partial charge is 0.323 e. The highest BCUT2D eigenvalue weighted by molar-refractivity contribution is 8.00. The lowest BCUT2D eigenvalue weighted by Gasteiger charge is -2.11. The van der Waals surface area contributed by atoms with E-state index in [0.29, 0.717) is 11.0 Å². The first-order valence-electron chi connectivity index (χ1n) is 12.5. The molecule has 0 saturated heterocycles. The van der Waals surface area contributed by atoms with Crippen LogP contribution in [-0.4, -0.2) is 31.4 Å². The Hall–Kier alpha value is -4.06. The van der Waals surface area contributed by atoms with Crippen molar-refractivity contribution in [3.63, 3.8) is 0 Å². The van der Waals surface area contributed by atoms with Gasteiger partial charge in [0.05, 0.1) is 21.7 Å². The molecule has 0 aliphatic heterocycles. The Morgan fingerprint density at radius 2 is 1.66 bits per heavy atom. The minimum Gasteiger partial charge on any atom is -0.323 e. The summed E-state index contributed by atoms with van der Waals surface area (Å²) in [5.74, 6) is -0.605. The summed E-state index contributed by atoms with van der Waals surface area (Å²) in [4.78, 5) is 17.2. The molecule has 0 spiro atoms. The summed E-state index contributed by atoms with van der Waals surface area (Å²) in [6, 6.07) is 28.9. The van der Waals surface area contributed by atoms with Crippen LogP contribution in [-0.2, 0) is 10.5 Å². The lowest BCUT2D eigenvalue weighted by molar-refractivity contribution is -0.113. The van der Waals surface area contributed by atoms with Gasteiger partial charge in [-0.2, -0.15) is 0 Å². The van der Waals surface area contributed by atoms with Crippen LogP contribution in [0.15, 0.2) is 107 Å². The molecular weight excluding hydrogens is 581 g/mol. The van der Waals surface area contributed by atoms with Crippen LogP contribution < -0.4 is 5.32 Å². The van der Waals surface area contributed by atoms with E-state index in [9.17, 15) is 13.6 Å². The zero-order valence-corrected chi connectivity index (χ0v) is 23.8. The average Bonchev–Trinajstić information content (AvgIpc) is 3.61. The number of rotatable bonds is 9. The maximum atomic E-state index is 14.0. The second-order valence-corrected chi connectivity index (χ2v) is 12.1. The van der Waals surface area contributed by atoms with Crippen LogP contribution in [0.4, 0.5) is 14.5 Å². The number of amides is 1. The van der Waals surface area contributed by atoms with Crippen molar-refractivity contribution in [1.82, 2.24) is 19.7 Å². The molecule has 6 nitrogen and oxygen atoms in total. The molecule has 11 heteroatoms. The lowest BCUT2D eigenvalue weighted by atomic mass is 10.1. The third-order valence-electron chi connectivity index (χ3n) is 6.03. The molecule has 1 N–H and O–H groups in total. The van der Waals surface area contributed by atoms with Crippen molar-refractivity contribution >= 4 is 56.7 Å². The van der Waals surface area contributed by atoms with Crippen molar-refractivity contribution in [2.75, 3.05) is 11.1 Å². The van der Waals surface area contributed by atoms with E-state index < -0.39 is 17.5 Å². The van der Waals surface area contributed by atoms with Crippen molar-refractivity contribution in [2.24, 2.45) is 0 Å². The lowest BCUT2D eigenvalue weighted by Crippen LogP contribution is -2.15. The minimum absolute atomic E-state index is 0.0380. The van der Waals surface area contributed by atoms with Crippen LogP contribution in [0.2, 0.25) is 0 Å². The molecule has 0 radical (unpaired) electrons. The molecule has 0 bridgehead atoms. The van der Waals surface area contributed by atoms with E-state index in [0.717, 1.165) is 44.6 Å². The fourth-order valence-electron chi connectivity index (χ4n) is 4.08. The highest BCUT2D eigenvalue weighted by atomic mass is 32.2. The van der Waals surface area contributed by atoms with Crippen LogP contribution in [0, 0.1) is 11.6 Å². The van der Waals surface area contributed by atoms with Gasteiger partial charge in [-0.15, -0.1) is 21.5 Å². The van der Waals surface area contributed by atoms with Crippen molar-refractivity contribution in [2.45, 2.75) is 15.2 Å². The summed E-state index contributed by atoms with van der Waals surface area (Å²) >= 11 is 4.58. The number of thioether (sulfide) groups is 2. The van der Waals surface area contributed by atoms with Crippen LogP contribution in [0.25, 0.3) is 27.3 Å². The molecule has 0 aliphatic rings. The summed E-state index contributed by atoms with van der Waals surface area (Å²) in [6.45, 7) is 0. The second-order valence-electron chi connectivity index (χ2n) is 8.87. The molecule has 0 aliphatic carbocycles. The number of thiazole rings is 1. The standard InChI is InChI=1S/C30H21F2N5OS3/c31-21-14-15-24(23(32)16-21)33-27(38)18-39-29-36-35-28(37(29)22-6-2-1-3-7-22)20-12-10-19(11-13-20)17-40-30-34-25-8-4-5-9-26(25)41-30/h1-16H,17-18H2,(H,33,38). The molecule has 6 rings (SSSR count). The monoisotopic (exact) mass is 601 g/mol. The fourth-order valence-corrected chi connectivity index (χ4v) is 6.85. The van der Waals surface area contributed by atoms with Crippen molar-refractivity contribution in [1.29, 1.82) is 0 Å². The number of para-hydroxylation sites is 2. The number of nitrogens with one attached hydrogen (secondary N) is 1. The van der Waals surface area contributed by atoms with E-state index >= 15 is 0 Å². The Bertz CT molecular complexity index is 1790. The van der Waals surface area contributed by atoms with Gasteiger partial charge in [-0.3, -0.25) is 9.36 Å². The summed E-state index contributed by atoms with van der Waals surface area (Å²) in [6.07, 6.45) is 0. The van der Waals surface area contributed by atoms with E-state index in [4.69, 9.17) is 4.98 Å². The Morgan fingerprint density at radius 1 is 0.878 bits per heavy atom. The van der Waals surface area contributed by atoms with Gasteiger partial charge in [0.25, 0.3) is 0 Å². The van der Waals surface area contributed by atoms with E-state index in [1.165, 1.54) is 22.5 Å². The van der Waals surface area contributed by atoms with Crippen LogP contribution >= 0.6 is 34.9 Å². The molecular formula is C30H21F2N5OS3. The number of hydrogen-bond acceptors (Lipinski definition) is 7. The number of carbonyl (C=O) groups is 1. The third kappa shape index (κ3) is 6.32. The number of benzene rings is 4. The van der Waals surface area contributed by atoms with Gasteiger partial charge in [0.1, 0.15) is 11.6 Å². The SMILES string of the molecule is O=C(CSc1nnc(-c2ccc(CSc3nc4ccccc4s3)cc2)n1-c1ccccc1)Nc1ccc(F)cc1F. The van der Waals surface area contributed by atoms with Crippen molar-refractivity contribution in [3.8, 4) is 17.1 Å². The van der Waals surface area contributed by atoms with Gasteiger partial charge in [0.15, 0.2) is 15.3 Å². The number of fused-ring (bicyclic) bond motifs is 1. The van der Waals surface area contributed by atoms with E-state index in [1.54, 1.807) is 23.1 Å². The van der Waals surface area contributed by atoms with Gasteiger partial charge in [-0.1, -0.05) is 78.1 Å². The molecule has 0 fully saturated rings. The summed E-state index contributed by atoms with van der Waals surface area (Å²) in [7, 11) is 0. The third-order valence-corrected chi connectivity index (χ3v) is 9.21. The number of anilines is 1. The number of carbonyl (C=O) groups excluding carboxylic acids is 1. The van der Waals surface area contributed by atoms with Crippen LogP contribution in [0.5, 0.6) is 0 Å². The molecule has 2 heterocycles. The maximum Gasteiger partial charge on any atom is 0.234 e. The van der Waals surface area contributed by atoms with Gasteiger partial charge in [-0.25, -0.2) is 13.8 Å². The summed E-state index contributed by atoms with van der Waals surface area (Å²) in [5, 5.41) is 11.8. The number of aromatic nitrogens is 4. The van der Waals surface area contributed by atoms with Gasteiger partial charge in [0, 0.05) is 23.1 Å². The van der Waals surface area contributed by atoms with Crippen LogP contribution in [0.3, 0.4) is 0 Å². The summed E-state index contributed by atoms with van der Waals surface area (Å²) < 4.78 is 31.3. The molecule has 6 aromatic rings. The number of hydrogen-bond donors (Lipinski definition) is 1. The fraction of sp³-hybridized carbons (Fsp3) is 0.0667. The Labute approximate surface area is 246 Å². The molecule has 0 atom stereocenters. The minimum atomic E-state index is -0.833. The highest BCUT2D eigenvalue weighted by Gasteiger charge is 2.18. The average molecular weight is 602 g/mol. The molecule has 4 aromatic carbocycles. The van der Waals surface area contributed by atoms with Crippen molar-refractivity contribution < 1.29 is 13.6 Å². The zero-order valence-electron chi connectivity index (χ0n) is 21.3. The predicted octanol–water partition coefficient (Wildman–Crippen LogP) is 7.85. The smallest absolute Gasteiger partial charge is 0.234 e. The molecule has 41 heavy (non-hydrogen) atoms. The normalized spacial score (nSPS) is 11.2. The Kier molecular flexibility index (Phi) is 8.08. The molecule has 0 unspecified atom stereocenters. The van der Waals surface area contributed by atoms with E-state index in [2.05, 4.69) is 33.7 Å². The Balaban J connectivity index is 1.18. The first-order valence-corrected chi connectivity index (χ1v) is 15.3. The van der Waals surface area contributed by atoms with Gasteiger partial charge < -0.3 is 5.32 Å². The summed E-state index contributed by atoms with van der Waals surface area (Å²) in [5.41, 5.74) is 3.81. The number of halogens is 2. The zero-order chi connectivity index (χ0) is 28.2. The maximum absolute atomic E-state index is 14.0. The molecule has 0 saturated carbocycles. The highest BCUT2D eigenvalue weighted by Crippen LogP contribution is 2.33. The predicted molar refractivity (Wildman–Crippen MR) is 162 cm³/mol. The molecule has 2 aromatic heterocycles. The Morgan fingerprint density at radius 3 is 2.44 bits per heavy atom. The first-order chi connectivity index (χ1) is 20.0. The topological polar surface area (TPSA) is 72.7 Å².